The Morgan fingerprint density at radius 1 is 1.29 bits per heavy atom. The van der Waals surface area contributed by atoms with Crippen molar-refractivity contribution < 1.29 is 0 Å². The molecule has 96 valence electrons. The quantitative estimate of drug-likeness (QED) is 0.844. The number of halogens is 1. The lowest BCUT2D eigenvalue weighted by molar-refractivity contribution is 0.228. The lowest BCUT2D eigenvalue weighted by Gasteiger charge is -2.32. The van der Waals surface area contributed by atoms with Crippen LogP contribution in [0, 0.1) is 0 Å². The minimum absolute atomic E-state index is 0.0761. The van der Waals surface area contributed by atoms with Crippen LogP contribution in [-0.2, 0) is 6.54 Å². The van der Waals surface area contributed by atoms with E-state index >= 15 is 0 Å². The molecule has 0 fully saturated rings. The fraction of sp³-hybridized carbons (Fsp3) is 0.571. The first-order valence-corrected chi connectivity index (χ1v) is 6.59. The molecule has 1 aromatic rings. The number of nitrogens with zero attached hydrogens (tertiary/aromatic N) is 1. The summed E-state index contributed by atoms with van der Waals surface area (Å²) in [5.41, 5.74) is 7.47. The van der Waals surface area contributed by atoms with Crippen LogP contribution in [0.25, 0.3) is 0 Å². The molecule has 0 atom stereocenters. The number of hydrogen-bond donors (Lipinski definition) is 1. The third kappa shape index (κ3) is 4.66. The smallest absolute Gasteiger partial charge is 0.0409 e. The Kier molecular flexibility index (Phi) is 5.44. The van der Waals surface area contributed by atoms with Crippen LogP contribution >= 0.6 is 11.6 Å². The van der Waals surface area contributed by atoms with Gasteiger partial charge in [0, 0.05) is 23.7 Å². The number of likely N-dealkylation sites (N-methyl/N-ethyl adjacent to an activating group) is 1. The average molecular weight is 255 g/mol. The Bertz CT molecular complexity index is 348. The molecule has 3 heteroatoms. The summed E-state index contributed by atoms with van der Waals surface area (Å²) in [5, 5.41) is 0.792. The van der Waals surface area contributed by atoms with Gasteiger partial charge in [-0.2, -0.15) is 0 Å². The third-order valence-corrected chi connectivity index (χ3v) is 3.57. The maximum Gasteiger partial charge on any atom is 0.0409 e. The molecule has 0 aliphatic heterocycles. The Balaban J connectivity index is 2.58. The van der Waals surface area contributed by atoms with Gasteiger partial charge in [0.1, 0.15) is 0 Å². The highest BCUT2D eigenvalue weighted by Crippen LogP contribution is 2.16. The maximum absolute atomic E-state index is 6.31. The van der Waals surface area contributed by atoms with E-state index in [0.717, 1.165) is 31.0 Å². The Hall–Kier alpha value is -0.570. The van der Waals surface area contributed by atoms with Gasteiger partial charge in [-0.15, -0.1) is 0 Å². The molecule has 0 spiro atoms. The molecule has 0 aliphatic carbocycles. The average Bonchev–Trinajstić information content (AvgIpc) is 2.28. The van der Waals surface area contributed by atoms with Gasteiger partial charge in [0.2, 0.25) is 0 Å². The van der Waals surface area contributed by atoms with Gasteiger partial charge in [0.15, 0.2) is 0 Å². The molecule has 2 N–H and O–H groups in total. The highest BCUT2D eigenvalue weighted by molar-refractivity contribution is 6.30. The summed E-state index contributed by atoms with van der Waals surface area (Å²) < 4.78 is 0. The molecule has 0 unspecified atom stereocenters. The van der Waals surface area contributed by atoms with E-state index in [1.54, 1.807) is 0 Å². The predicted molar refractivity (Wildman–Crippen MR) is 75.3 cm³/mol. The summed E-state index contributed by atoms with van der Waals surface area (Å²) >= 11 is 5.97. The van der Waals surface area contributed by atoms with Gasteiger partial charge in [-0.3, -0.25) is 0 Å². The van der Waals surface area contributed by atoms with Crippen molar-refractivity contribution in [3.05, 3.63) is 34.9 Å². The zero-order valence-electron chi connectivity index (χ0n) is 11.0. The summed E-state index contributed by atoms with van der Waals surface area (Å²) in [4.78, 5) is 2.26. The van der Waals surface area contributed by atoms with E-state index in [9.17, 15) is 0 Å². The molecule has 2 nitrogen and oxygen atoms in total. The molecule has 0 heterocycles. The van der Waals surface area contributed by atoms with Crippen molar-refractivity contribution in [3.8, 4) is 0 Å². The van der Waals surface area contributed by atoms with Gasteiger partial charge in [0.05, 0.1) is 0 Å². The Morgan fingerprint density at radius 3 is 2.47 bits per heavy atom. The lowest BCUT2D eigenvalue weighted by Crippen LogP contribution is -2.48. The number of benzene rings is 1. The number of rotatable bonds is 6. The minimum atomic E-state index is -0.0761. The molecule has 0 saturated heterocycles. The molecule has 0 aliphatic rings. The van der Waals surface area contributed by atoms with Gasteiger partial charge in [-0.25, -0.2) is 0 Å². The van der Waals surface area contributed by atoms with E-state index in [4.69, 9.17) is 17.3 Å². The first kappa shape index (κ1) is 14.5. The van der Waals surface area contributed by atoms with E-state index < -0.39 is 0 Å². The van der Waals surface area contributed by atoms with Crippen LogP contribution in [0.1, 0.15) is 32.3 Å². The number of nitrogens with two attached hydrogens (primary N) is 1. The van der Waals surface area contributed by atoms with Gasteiger partial charge in [0.25, 0.3) is 0 Å². The lowest BCUT2D eigenvalue weighted by atomic mass is 9.93. The van der Waals surface area contributed by atoms with Crippen LogP contribution in [0.4, 0.5) is 0 Å². The van der Waals surface area contributed by atoms with E-state index in [0.29, 0.717) is 0 Å². The minimum Gasteiger partial charge on any atom is -0.324 e. The van der Waals surface area contributed by atoms with Crippen LogP contribution in [0.2, 0.25) is 5.02 Å². The van der Waals surface area contributed by atoms with Gasteiger partial charge < -0.3 is 10.6 Å². The van der Waals surface area contributed by atoms with Crippen molar-refractivity contribution in [1.29, 1.82) is 0 Å². The van der Waals surface area contributed by atoms with Crippen LogP contribution in [0.5, 0.6) is 0 Å². The largest absolute Gasteiger partial charge is 0.324 e. The molecule has 0 radical (unpaired) electrons. The van der Waals surface area contributed by atoms with Crippen molar-refractivity contribution in [3.63, 3.8) is 0 Å². The summed E-state index contributed by atoms with van der Waals surface area (Å²) in [6.45, 7) is 6.10. The van der Waals surface area contributed by atoms with E-state index in [-0.39, 0.29) is 5.54 Å². The first-order valence-electron chi connectivity index (χ1n) is 6.21. The van der Waals surface area contributed by atoms with Gasteiger partial charge >= 0.3 is 0 Å². The standard InChI is InChI=1S/C14H23ClN2/c1-4-14(16,5-2)11-17(3)10-12-7-6-8-13(15)9-12/h6-9H,4-5,10-11,16H2,1-3H3. The van der Waals surface area contributed by atoms with Crippen LogP contribution in [-0.4, -0.2) is 24.0 Å². The summed E-state index contributed by atoms with van der Waals surface area (Å²) in [7, 11) is 2.10. The fourth-order valence-corrected chi connectivity index (χ4v) is 2.23. The first-order chi connectivity index (χ1) is 7.99. The molecule has 0 bridgehead atoms. The summed E-state index contributed by atoms with van der Waals surface area (Å²) in [6.07, 6.45) is 2.01. The predicted octanol–water partition coefficient (Wildman–Crippen LogP) is 3.29. The molecule has 1 aromatic carbocycles. The molecule has 0 saturated carbocycles. The fourth-order valence-electron chi connectivity index (χ4n) is 2.01. The zero-order chi connectivity index (χ0) is 12.9. The zero-order valence-corrected chi connectivity index (χ0v) is 11.8. The van der Waals surface area contributed by atoms with Crippen molar-refractivity contribution >= 4 is 11.6 Å². The van der Waals surface area contributed by atoms with Gasteiger partial charge in [-0.1, -0.05) is 37.6 Å². The van der Waals surface area contributed by atoms with E-state index in [1.165, 1.54) is 5.56 Å². The molecule has 0 amide bonds. The second-order valence-corrected chi connectivity index (χ2v) is 5.31. The second-order valence-electron chi connectivity index (χ2n) is 4.87. The molecular formula is C14H23ClN2. The van der Waals surface area contributed by atoms with Gasteiger partial charge in [-0.05, 0) is 37.6 Å². The Morgan fingerprint density at radius 2 is 1.94 bits per heavy atom. The maximum atomic E-state index is 6.31. The van der Waals surface area contributed by atoms with E-state index in [1.807, 2.05) is 18.2 Å². The summed E-state index contributed by atoms with van der Waals surface area (Å²) in [5.74, 6) is 0. The normalized spacial score (nSPS) is 12.1. The van der Waals surface area contributed by atoms with Crippen LogP contribution in [0.3, 0.4) is 0 Å². The van der Waals surface area contributed by atoms with Crippen LogP contribution in [0.15, 0.2) is 24.3 Å². The molecule has 17 heavy (non-hydrogen) atoms. The van der Waals surface area contributed by atoms with Crippen molar-refractivity contribution in [2.24, 2.45) is 5.73 Å². The highest BCUT2D eigenvalue weighted by Gasteiger charge is 2.22. The Labute approximate surface area is 110 Å². The molecular weight excluding hydrogens is 232 g/mol. The third-order valence-electron chi connectivity index (χ3n) is 3.33. The second kappa shape index (κ2) is 6.39. The monoisotopic (exact) mass is 254 g/mol. The highest BCUT2D eigenvalue weighted by atomic mass is 35.5. The van der Waals surface area contributed by atoms with Crippen LogP contribution < -0.4 is 5.73 Å². The van der Waals surface area contributed by atoms with E-state index in [2.05, 4.69) is 31.9 Å². The SMILES string of the molecule is CCC(N)(CC)CN(C)Cc1cccc(Cl)c1. The topological polar surface area (TPSA) is 29.3 Å². The van der Waals surface area contributed by atoms with Crippen molar-refractivity contribution in [1.82, 2.24) is 4.90 Å². The molecule has 0 aromatic heterocycles. The number of hydrogen-bond acceptors (Lipinski definition) is 2. The molecule has 1 rings (SSSR count). The summed E-state index contributed by atoms with van der Waals surface area (Å²) in [6, 6.07) is 7.99. The van der Waals surface area contributed by atoms with Crippen molar-refractivity contribution in [2.75, 3.05) is 13.6 Å². The van der Waals surface area contributed by atoms with Crippen molar-refractivity contribution in [2.45, 2.75) is 38.8 Å².